The van der Waals surface area contributed by atoms with Gasteiger partial charge < -0.3 is 15.2 Å². The molecule has 0 amide bonds. The van der Waals surface area contributed by atoms with Crippen LogP contribution in [0.1, 0.15) is 18.6 Å². The van der Waals surface area contributed by atoms with Gasteiger partial charge in [0.15, 0.2) is 11.5 Å². The molecule has 3 heteroatoms. The molecular weight excluding hydrogens is 274 g/mol. The van der Waals surface area contributed by atoms with E-state index >= 15 is 0 Å². The summed E-state index contributed by atoms with van der Waals surface area (Å²) in [6.45, 7) is 2.02. The maximum Gasteiger partial charge on any atom is 0.164 e. The van der Waals surface area contributed by atoms with Crippen molar-refractivity contribution in [3.63, 3.8) is 0 Å². The molecule has 0 saturated heterocycles. The normalized spacial score (nSPS) is 12.1. The van der Waals surface area contributed by atoms with Crippen molar-refractivity contribution in [3.8, 4) is 11.5 Å². The van der Waals surface area contributed by atoms with Crippen LogP contribution in [0.25, 0.3) is 10.8 Å². The van der Waals surface area contributed by atoms with Crippen molar-refractivity contribution in [2.45, 2.75) is 13.0 Å². The van der Waals surface area contributed by atoms with Crippen LogP contribution in [0.5, 0.6) is 11.5 Å². The van der Waals surface area contributed by atoms with E-state index in [1.54, 1.807) is 19.2 Å². The second-order valence-corrected chi connectivity index (χ2v) is 5.28. The monoisotopic (exact) mass is 293 g/mol. The fourth-order valence-electron chi connectivity index (χ4n) is 2.50. The lowest BCUT2D eigenvalue weighted by Crippen LogP contribution is -2.04. The summed E-state index contributed by atoms with van der Waals surface area (Å²) < 4.78 is 11.4. The molecule has 0 aromatic heterocycles. The molecule has 0 aliphatic heterocycles. The Bertz CT molecular complexity index is 798. The topological polar surface area (TPSA) is 44.5 Å². The number of hydrogen-bond donors (Lipinski definition) is 1. The third-order valence-corrected chi connectivity index (χ3v) is 3.73. The molecule has 0 radical (unpaired) electrons. The first-order chi connectivity index (χ1) is 10.7. The molecule has 3 rings (SSSR count). The van der Waals surface area contributed by atoms with Gasteiger partial charge in [0.25, 0.3) is 0 Å². The minimum absolute atomic E-state index is 0.0969. The van der Waals surface area contributed by atoms with Gasteiger partial charge in [-0.05, 0) is 41.5 Å². The van der Waals surface area contributed by atoms with E-state index in [-0.39, 0.29) is 6.10 Å². The van der Waals surface area contributed by atoms with Gasteiger partial charge >= 0.3 is 0 Å². The number of nitrogen functional groups attached to an aromatic ring is 1. The maximum atomic E-state index is 6.05. The zero-order valence-corrected chi connectivity index (χ0v) is 12.7. The van der Waals surface area contributed by atoms with Crippen molar-refractivity contribution in [1.82, 2.24) is 0 Å². The number of anilines is 1. The molecule has 0 aliphatic rings. The average molecular weight is 293 g/mol. The molecule has 0 bridgehead atoms. The Hall–Kier alpha value is -2.68. The summed E-state index contributed by atoms with van der Waals surface area (Å²) in [4.78, 5) is 0. The average Bonchev–Trinajstić information content (AvgIpc) is 2.54. The van der Waals surface area contributed by atoms with E-state index in [4.69, 9.17) is 15.2 Å². The van der Waals surface area contributed by atoms with Gasteiger partial charge in [0.2, 0.25) is 0 Å². The van der Waals surface area contributed by atoms with Gasteiger partial charge in [0.1, 0.15) is 6.10 Å². The van der Waals surface area contributed by atoms with Crippen molar-refractivity contribution < 1.29 is 9.47 Å². The fourth-order valence-corrected chi connectivity index (χ4v) is 2.50. The Morgan fingerprint density at radius 1 is 0.864 bits per heavy atom. The summed E-state index contributed by atoms with van der Waals surface area (Å²) in [5, 5.41) is 2.43. The van der Waals surface area contributed by atoms with Gasteiger partial charge in [-0.2, -0.15) is 0 Å². The molecule has 1 unspecified atom stereocenters. The smallest absolute Gasteiger partial charge is 0.164 e. The summed E-state index contributed by atoms with van der Waals surface area (Å²) in [6, 6.07) is 20.0. The second-order valence-electron chi connectivity index (χ2n) is 5.28. The number of benzene rings is 3. The summed E-state index contributed by atoms with van der Waals surface area (Å²) in [7, 11) is 1.62. The van der Waals surface area contributed by atoms with E-state index in [0.717, 1.165) is 5.56 Å². The van der Waals surface area contributed by atoms with Crippen LogP contribution in [-0.2, 0) is 0 Å². The van der Waals surface area contributed by atoms with Crippen molar-refractivity contribution in [2.75, 3.05) is 12.8 Å². The fraction of sp³-hybridized carbons (Fsp3) is 0.158. The van der Waals surface area contributed by atoms with Crippen LogP contribution in [-0.4, -0.2) is 7.11 Å². The first-order valence-corrected chi connectivity index (χ1v) is 7.26. The third kappa shape index (κ3) is 2.84. The summed E-state index contributed by atoms with van der Waals surface area (Å²) in [5.41, 5.74) is 7.60. The lowest BCUT2D eigenvalue weighted by atomic mass is 10.0. The lowest BCUT2D eigenvalue weighted by molar-refractivity contribution is 0.216. The van der Waals surface area contributed by atoms with E-state index < -0.39 is 0 Å². The van der Waals surface area contributed by atoms with Gasteiger partial charge in [-0.25, -0.2) is 0 Å². The molecule has 0 spiro atoms. The Balaban J connectivity index is 1.89. The minimum atomic E-state index is -0.0969. The van der Waals surface area contributed by atoms with E-state index in [0.29, 0.717) is 17.2 Å². The number of fused-ring (bicyclic) bond motifs is 1. The van der Waals surface area contributed by atoms with Crippen LogP contribution in [0.2, 0.25) is 0 Å². The highest BCUT2D eigenvalue weighted by Gasteiger charge is 2.12. The summed E-state index contributed by atoms with van der Waals surface area (Å²) in [6.07, 6.45) is -0.0969. The van der Waals surface area contributed by atoms with Crippen LogP contribution < -0.4 is 15.2 Å². The number of rotatable bonds is 4. The molecule has 3 aromatic rings. The molecule has 22 heavy (non-hydrogen) atoms. The molecule has 2 N–H and O–H groups in total. The molecule has 112 valence electrons. The van der Waals surface area contributed by atoms with Crippen molar-refractivity contribution in [2.24, 2.45) is 0 Å². The summed E-state index contributed by atoms with van der Waals surface area (Å²) >= 11 is 0. The number of methoxy groups -OCH3 is 1. The van der Waals surface area contributed by atoms with Gasteiger partial charge in [0, 0.05) is 11.8 Å². The molecule has 0 fully saturated rings. The highest BCUT2D eigenvalue weighted by Crippen LogP contribution is 2.33. The van der Waals surface area contributed by atoms with Gasteiger partial charge in [-0.15, -0.1) is 0 Å². The largest absolute Gasteiger partial charge is 0.493 e. The molecule has 0 heterocycles. The molecule has 1 atom stereocenters. The minimum Gasteiger partial charge on any atom is -0.493 e. The SMILES string of the molecule is COc1ccc(N)cc1OC(C)c1ccc2ccccc2c1. The first kappa shape index (κ1) is 14.3. The zero-order valence-electron chi connectivity index (χ0n) is 12.7. The molecule has 0 aliphatic carbocycles. The quantitative estimate of drug-likeness (QED) is 0.717. The standard InChI is InChI=1S/C19H19NO2/c1-13(22-19-12-17(20)9-10-18(19)21-2)15-8-7-14-5-3-4-6-16(14)11-15/h3-13H,20H2,1-2H3. The molecule has 3 nitrogen and oxygen atoms in total. The zero-order chi connectivity index (χ0) is 15.5. The van der Waals surface area contributed by atoms with E-state index in [2.05, 4.69) is 30.3 Å². The van der Waals surface area contributed by atoms with Crippen LogP contribution in [0.4, 0.5) is 5.69 Å². The molecular formula is C19H19NO2. The van der Waals surface area contributed by atoms with Gasteiger partial charge in [-0.1, -0.05) is 36.4 Å². The van der Waals surface area contributed by atoms with Crippen LogP contribution >= 0.6 is 0 Å². The Kier molecular flexibility index (Phi) is 3.88. The van der Waals surface area contributed by atoms with Crippen molar-refractivity contribution in [3.05, 3.63) is 66.2 Å². The Morgan fingerprint density at radius 2 is 1.64 bits per heavy atom. The number of nitrogens with two attached hydrogens (primary N) is 1. The Labute approximate surface area is 130 Å². The van der Waals surface area contributed by atoms with Gasteiger partial charge in [0.05, 0.1) is 7.11 Å². The lowest BCUT2D eigenvalue weighted by Gasteiger charge is -2.18. The summed E-state index contributed by atoms with van der Waals surface area (Å²) in [5.74, 6) is 1.34. The van der Waals surface area contributed by atoms with Crippen LogP contribution in [0.15, 0.2) is 60.7 Å². The van der Waals surface area contributed by atoms with E-state index in [9.17, 15) is 0 Å². The third-order valence-electron chi connectivity index (χ3n) is 3.73. The van der Waals surface area contributed by atoms with E-state index in [1.165, 1.54) is 10.8 Å². The second kappa shape index (κ2) is 5.98. The van der Waals surface area contributed by atoms with Crippen molar-refractivity contribution in [1.29, 1.82) is 0 Å². The predicted octanol–water partition coefficient (Wildman–Crippen LogP) is 4.57. The van der Waals surface area contributed by atoms with Crippen LogP contribution in [0.3, 0.4) is 0 Å². The van der Waals surface area contributed by atoms with Crippen LogP contribution in [0, 0.1) is 0 Å². The van der Waals surface area contributed by atoms with Gasteiger partial charge in [-0.3, -0.25) is 0 Å². The Morgan fingerprint density at radius 3 is 2.41 bits per heavy atom. The first-order valence-electron chi connectivity index (χ1n) is 7.26. The number of ether oxygens (including phenoxy) is 2. The predicted molar refractivity (Wildman–Crippen MR) is 90.4 cm³/mol. The number of hydrogen-bond acceptors (Lipinski definition) is 3. The molecule has 3 aromatic carbocycles. The maximum absolute atomic E-state index is 6.05. The highest BCUT2D eigenvalue weighted by atomic mass is 16.5. The van der Waals surface area contributed by atoms with Crippen molar-refractivity contribution >= 4 is 16.5 Å². The molecule has 0 saturated carbocycles. The van der Waals surface area contributed by atoms with E-state index in [1.807, 2.05) is 25.1 Å². The highest BCUT2D eigenvalue weighted by molar-refractivity contribution is 5.83.